The lowest BCUT2D eigenvalue weighted by Gasteiger charge is -2.13. The molecule has 1 heterocycles. The van der Waals surface area contributed by atoms with Gasteiger partial charge >= 0.3 is 0 Å². The highest BCUT2D eigenvalue weighted by molar-refractivity contribution is 6.04. The largest absolute Gasteiger partial charge is 0.439 e. The Morgan fingerprint density at radius 1 is 1.21 bits per heavy atom. The third-order valence-electron chi connectivity index (χ3n) is 4.05. The minimum atomic E-state index is -3.66. The molecule has 0 atom stereocenters. The predicted octanol–water partition coefficient (Wildman–Crippen LogP) is 5.01. The van der Waals surface area contributed by atoms with Crippen LogP contribution in [-0.4, -0.2) is 10.9 Å². The molecule has 3 aromatic rings. The van der Waals surface area contributed by atoms with Crippen LogP contribution in [0.4, 0.5) is 14.5 Å². The Balaban J connectivity index is 1.77. The number of pyridine rings is 1. The monoisotopic (exact) mass is 401 g/mol. The Kier molecular flexibility index (Phi) is 5.12. The number of amides is 1. The molecule has 29 heavy (non-hydrogen) atoms. The number of nitrogens with two attached hydrogens (primary N) is 1. The van der Waals surface area contributed by atoms with Crippen LogP contribution in [-0.2, 0) is 12.5 Å². The third-order valence-corrected chi connectivity index (χ3v) is 4.05. The van der Waals surface area contributed by atoms with Crippen molar-refractivity contribution in [2.24, 2.45) is 5.73 Å². The number of carbonyl (C=O) groups excluding carboxylic acids is 1. The van der Waals surface area contributed by atoms with Gasteiger partial charge in [-0.25, -0.2) is 13.8 Å². The number of aromatic nitrogens is 1. The second-order valence-corrected chi connectivity index (χ2v) is 6.45. The van der Waals surface area contributed by atoms with Crippen LogP contribution in [0.3, 0.4) is 0 Å². The first-order valence-corrected chi connectivity index (χ1v) is 8.79. The van der Waals surface area contributed by atoms with E-state index in [-0.39, 0.29) is 11.3 Å². The number of rotatable bonds is 6. The summed E-state index contributed by atoms with van der Waals surface area (Å²) in [5.41, 5.74) is 7.13. The first kappa shape index (κ1) is 17.8. The highest BCUT2D eigenvalue weighted by Gasteiger charge is 2.24. The van der Waals surface area contributed by atoms with Gasteiger partial charge in [0, 0.05) is 44.7 Å². The number of halogens is 2. The number of ether oxygens (including phenoxy) is 1. The van der Waals surface area contributed by atoms with Crippen LogP contribution in [0.25, 0.3) is 0 Å². The van der Waals surface area contributed by atoms with E-state index in [1.165, 1.54) is 18.2 Å². The van der Waals surface area contributed by atoms with Crippen molar-refractivity contribution in [2.45, 2.75) is 26.3 Å². The Morgan fingerprint density at radius 2 is 2.00 bits per heavy atom. The van der Waals surface area contributed by atoms with Crippen molar-refractivity contribution in [1.82, 2.24) is 4.98 Å². The minimum Gasteiger partial charge on any atom is -0.439 e. The van der Waals surface area contributed by atoms with Gasteiger partial charge in [0.25, 0.3) is 11.8 Å². The normalized spacial score (nSPS) is 12.3. The quantitative estimate of drug-likeness (QED) is 0.609. The molecular weight excluding hydrogens is 376 g/mol. The standard InChI is InChI=1S/C22H21F2N3O2/c1-14-9-15(13-25)10-20(26-14)29-19-8-3-5-16(11-19)21(28)27-18-7-4-6-17(12-18)22(2,23)24/h3-12H,13,25H2,1-2H3,(H,27,28)/i2T2. The van der Waals surface area contributed by atoms with Crippen molar-refractivity contribution in [2.75, 3.05) is 5.32 Å². The molecule has 3 rings (SSSR count). The molecule has 3 N–H and O–H groups in total. The van der Waals surface area contributed by atoms with Crippen LogP contribution >= 0.6 is 0 Å². The fourth-order valence-corrected chi connectivity index (χ4v) is 2.71. The van der Waals surface area contributed by atoms with E-state index in [1.54, 1.807) is 24.3 Å². The zero-order valence-corrected chi connectivity index (χ0v) is 15.7. The maximum absolute atomic E-state index is 13.9. The molecule has 0 bridgehead atoms. The summed E-state index contributed by atoms with van der Waals surface area (Å²) in [5, 5.41) is 2.55. The second kappa shape index (κ2) is 8.36. The van der Waals surface area contributed by atoms with E-state index < -0.39 is 24.3 Å². The summed E-state index contributed by atoms with van der Waals surface area (Å²) in [5.74, 6) is -3.47. The van der Waals surface area contributed by atoms with Gasteiger partial charge < -0.3 is 15.8 Å². The number of benzene rings is 2. The van der Waals surface area contributed by atoms with Gasteiger partial charge in [0.15, 0.2) is 0 Å². The van der Waals surface area contributed by atoms with Gasteiger partial charge in [0.1, 0.15) is 5.75 Å². The maximum atomic E-state index is 13.9. The van der Waals surface area contributed by atoms with E-state index in [0.717, 1.165) is 23.4 Å². The van der Waals surface area contributed by atoms with Gasteiger partial charge in [0.2, 0.25) is 5.88 Å². The number of anilines is 1. The van der Waals surface area contributed by atoms with E-state index in [1.807, 2.05) is 13.0 Å². The van der Waals surface area contributed by atoms with Gasteiger partial charge in [-0.05, 0) is 48.9 Å². The summed E-state index contributed by atoms with van der Waals surface area (Å²) in [7, 11) is 0. The molecule has 0 aliphatic carbocycles. The van der Waals surface area contributed by atoms with Crippen LogP contribution in [0, 0.1) is 6.92 Å². The Bertz CT molecular complexity index is 1090. The van der Waals surface area contributed by atoms with E-state index in [4.69, 9.17) is 13.2 Å². The van der Waals surface area contributed by atoms with Crippen LogP contribution in [0.5, 0.6) is 11.6 Å². The van der Waals surface area contributed by atoms with Crippen LogP contribution in [0.15, 0.2) is 60.7 Å². The fourth-order valence-electron chi connectivity index (χ4n) is 2.71. The summed E-state index contributed by atoms with van der Waals surface area (Å²) in [6, 6.07) is 14.8. The van der Waals surface area contributed by atoms with Gasteiger partial charge in [-0.3, -0.25) is 4.79 Å². The van der Waals surface area contributed by atoms with E-state index in [0.29, 0.717) is 18.2 Å². The molecule has 0 aliphatic heterocycles. The van der Waals surface area contributed by atoms with Gasteiger partial charge in [-0.15, -0.1) is 0 Å². The third kappa shape index (κ3) is 5.36. The van der Waals surface area contributed by atoms with Crippen molar-refractivity contribution in [1.29, 1.82) is 0 Å². The maximum Gasteiger partial charge on any atom is 0.270 e. The van der Waals surface area contributed by atoms with Crippen molar-refractivity contribution < 1.29 is 21.1 Å². The smallest absolute Gasteiger partial charge is 0.270 e. The number of carbonyl (C=O) groups is 1. The van der Waals surface area contributed by atoms with Gasteiger partial charge in [-0.2, -0.15) is 0 Å². The molecule has 0 saturated carbocycles. The summed E-state index contributed by atoms with van der Waals surface area (Å²) in [6.45, 7) is -0.208. The Hall–Kier alpha value is -3.32. The van der Waals surface area contributed by atoms with Crippen molar-refractivity contribution in [3.63, 3.8) is 0 Å². The summed E-state index contributed by atoms with van der Waals surface area (Å²) in [4.78, 5) is 16.9. The number of nitrogens with zero attached hydrogens (tertiary/aromatic N) is 1. The van der Waals surface area contributed by atoms with Crippen molar-refractivity contribution in [3.8, 4) is 11.6 Å². The molecular formula is C22H21F2N3O2. The summed E-state index contributed by atoms with van der Waals surface area (Å²) < 4.78 is 47.7. The Labute approximate surface area is 170 Å². The molecule has 2 aromatic carbocycles. The zero-order valence-electron chi connectivity index (χ0n) is 17.7. The number of nitrogens with one attached hydrogen (secondary N) is 1. The molecule has 1 amide bonds. The molecule has 0 saturated heterocycles. The summed E-state index contributed by atoms with van der Waals surface area (Å²) >= 11 is 0. The first-order valence-electron chi connectivity index (χ1n) is 9.94. The lowest BCUT2D eigenvalue weighted by atomic mass is 10.1. The first-order chi connectivity index (χ1) is 14.7. The topological polar surface area (TPSA) is 77.2 Å². The Morgan fingerprint density at radius 3 is 2.76 bits per heavy atom. The predicted molar refractivity (Wildman–Crippen MR) is 107 cm³/mol. The SMILES string of the molecule is [3H]C([3H])C(F)(F)c1cccc(NC(=O)c2cccc(Oc3cc(CN)cc(C)n3)c2)c1. The second-order valence-electron chi connectivity index (χ2n) is 6.45. The van der Waals surface area contributed by atoms with Crippen LogP contribution in [0.1, 0.15) is 36.8 Å². The molecule has 150 valence electrons. The molecule has 5 nitrogen and oxygen atoms in total. The van der Waals surface area contributed by atoms with E-state index >= 15 is 0 Å². The molecule has 0 aliphatic rings. The molecule has 0 radical (unpaired) electrons. The number of hydrogen-bond acceptors (Lipinski definition) is 4. The molecule has 7 heteroatoms. The highest BCUT2D eigenvalue weighted by Crippen LogP contribution is 2.29. The molecule has 0 spiro atoms. The average Bonchev–Trinajstić information content (AvgIpc) is 2.73. The van der Waals surface area contributed by atoms with E-state index in [9.17, 15) is 13.6 Å². The highest BCUT2D eigenvalue weighted by atomic mass is 19.3. The van der Waals surface area contributed by atoms with Crippen LogP contribution < -0.4 is 15.8 Å². The van der Waals surface area contributed by atoms with E-state index in [2.05, 4.69) is 10.3 Å². The van der Waals surface area contributed by atoms with Crippen LogP contribution in [0.2, 0.25) is 0 Å². The molecule has 0 unspecified atom stereocenters. The van der Waals surface area contributed by atoms with Crippen molar-refractivity contribution >= 4 is 11.6 Å². The number of hydrogen-bond donors (Lipinski definition) is 2. The number of alkyl halides is 2. The summed E-state index contributed by atoms with van der Waals surface area (Å²) in [6.07, 6.45) is 0. The lowest BCUT2D eigenvalue weighted by Crippen LogP contribution is -2.13. The van der Waals surface area contributed by atoms with Gasteiger partial charge in [-0.1, -0.05) is 18.2 Å². The molecule has 0 fully saturated rings. The lowest BCUT2D eigenvalue weighted by molar-refractivity contribution is 0.0175. The number of aryl methyl sites for hydroxylation is 1. The fraction of sp³-hybridized carbons (Fsp3) is 0.182. The minimum absolute atomic E-state index is 0.127. The van der Waals surface area contributed by atoms with Gasteiger partial charge in [0.05, 0.1) is 0 Å². The van der Waals surface area contributed by atoms with Crippen molar-refractivity contribution in [3.05, 3.63) is 83.0 Å². The molecule has 1 aromatic heterocycles. The zero-order chi connectivity index (χ0) is 22.6. The average molecular weight is 401 g/mol.